The summed E-state index contributed by atoms with van der Waals surface area (Å²) in [7, 11) is 0. The van der Waals surface area contributed by atoms with Crippen molar-refractivity contribution in [1.82, 2.24) is 15.1 Å². The van der Waals surface area contributed by atoms with Gasteiger partial charge >= 0.3 is 5.97 Å². The van der Waals surface area contributed by atoms with Crippen LogP contribution in [0, 0.1) is 0 Å². The number of nitrogens with zero attached hydrogens (tertiary/aromatic N) is 2. The average Bonchev–Trinajstić information content (AvgIpc) is 2.52. The van der Waals surface area contributed by atoms with E-state index in [2.05, 4.69) is 15.1 Å². The molecule has 2 heterocycles. The summed E-state index contributed by atoms with van der Waals surface area (Å²) in [6, 6.07) is 0.375. The van der Waals surface area contributed by atoms with E-state index in [-0.39, 0.29) is 0 Å². The molecule has 0 aromatic rings. The first-order valence-corrected chi connectivity index (χ1v) is 8.63. The lowest BCUT2D eigenvalue weighted by molar-refractivity contribution is -0.139. The standard InChI is InChI=1S/C16H31N3O2/c1-2-17-15(16(20)21)8-13-18-11-6-14(7-12-18)19-9-4-3-5-10-19/h14-15,17H,2-13H2,1H3,(H,20,21). The summed E-state index contributed by atoms with van der Waals surface area (Å²) in [5.41, 5.74) is 0. The highest BCUT2D eigenvalue weighted by atomic mass is 16.4. The van der Waals surface area contributed by atoms with Crippen LogP contribution in [0.1, 0.15) is 45.4 Å². The van der Waals surface area contributed by atoms with E-state index in [0.29, 0.717) is 13.0 Å². The van der Waals surface area contributed by atoms with Gasteiger partial charge in [0.1, 0.15) is 6.04 Å². The maximum atomic E-state index is 11.1. The van der Waals surface area contributed by atoms with Crippen LogP contribution in [-0.4, -0.2) is 72.2 Å². The highest BCUT2D eigenvalue weighted by Gasteiger charge is 2.26. The summed E-state index contributed by atoms with van der Waals surface area (Å²) < 4.78 is 0. The molecule has 1 atom stereocenters. The second-order valence-corrected chi connectivity index (χ2v) is 6.41. The van der Waals surface area contributed by atoms with Crippen LogP contribution in [0.5, 0.6) is 0 Å². The number of nitrogens with one attached hydrogen (secondary N) is 1. The van der Waals surface area contributed by atoms with E-state index in [1.807, 2.05) is 6.92 Å². The molecule has 5 heteroatoms. The lowest BCUT2D eigenvalue weighted by Gasteiger charge is -2.40. The van der Waals surface area contributed by atoms with Crippen molar-refractivity contribution >= 4 is 5.97 Å². The monoisotopic (exact) mass is 297 g/mol. The van der Waals surface area contributed by atoms with Crippen molar-refractivity contribution in [3.8, 4) is 0 Å². The number of likely N-dealkylation sites (tertiary alicyclic amines) is 2. The molecule has 2 N–H and O–H groups in total. The number of rotatable bonds is 7. The van der Waals surface area contributed by atoms with E-state index < -0.39 is 12.0 Å². The van der Waals surface area contributed by atoms with Gasteiger partial charge < -0.3 is 20.2 Å². The van der Waals surface area contributed by atoms with Gasteiger partial charge in [-0.3, -0.25) is 4.79 Å². The van der Waals surface area contributed by atoms with Crippen molar-refractivity contribution in [3.05, 3.63) is 0 Å². The van der Waals surface area contributed by atoms with Crippen LogP contribution < -0.4 is 5.32 Å². The fourth-order valence-corrected chi connectivity index (χ4v) is 3.66. The number of likely N-dealkylation sites (N-methyl/N-ethyl adjacent to an activating group) is 1. The Labute approximate surface area is 128 Å². The van der Waals surface area contributed by atoms with Crippen LogP contribution in [0.15, 0.2) is 0 Å². The number of hydrogen-bond donors (Lipinski definition) is 2. The normalized spacial score (nSPS) is 24.0. The summed E-state index contributed by atoms with van der Waals surface area (Å²) in [6.07, 6.45) is 7.33. The van der Waals surface area contributed by atoms with E-state index in [1.165, 1.54) is 45.2 Å². The molecule has 0 radical (unpaired) electrons. The number of piperidine rings is 2. The zero-order chi connectivity index (χ0) is 15.1. The van der Waals surface area contributed by atoms with Gasteiger partial charge in [-0.25, -0.2) is 0 Å². The van der Waals surface area contributed by atoms with Crippen molar-refractivity contribution in [2.24, 2.45) is 0 Å². The number of carboxylic acid groups (broad SMARTS) is 1. The van der Waals surface area contributed by atoms with Crippen LogP contribution in [-0.2, 0) is 4.79 Å². The van der Waals surface area contributed by atoms with Gasteiger partial charge in [-0.15, -0.1) is 0 Å². The van der Waals surface area contributed by atoms with Gasteiger partial charge in [0, 0.05) is 12.6 Å². The van der Waals surface area contributed by atoms with Gasteiger partial charge in [0.15, 0.2) is 0 Å². The fourth-order valence-electron chi connectivity index (χ4n) is 3.66. The Balaban J connectivity index is 1.67. The molecular weight excluding hydrogens is 266 g/mol. The predicted molar refractivity (Wildman–Crippen MR) is 84.6 cm³/mol. The maximum absolute atomic E-state index is 11.1. The van der Waals surface area contributed by atoms with Crippen molar-refractivity contribution in [2.45, 2.75) is 57.5 Å². The molecule has 0 aromatic heterocycles. The molecule has 122 valence electrons. The first kappa shape index (κ1) is 16.7. The van der Waals surface area contributed by atoms with Crippen LogP contribution in [0.3, 0.4) is 0 Å². The Hall–Kier alpha value is -0.650. The van der Waals surface area contributed by atoms with Gasteiger partial charge in [0.2, 0.25) is 0 Å². The lowest BCUT2D eigenvalue weighted by Crippen LogP contribution is -2.47. The third kappa shape index (κ3) is 5.24. The molecule has 5 nitrogen and oxygen atoms in total. The quantitative estimate of drug-likeness (QED) is 0.744. The Bertz CT molecular complexity index is 311. The van der Waals surface area contributed by atoms with Crippen molar-refractivity contribution < 1.29 is 9.90 Å². The number of hydrogen-bond acceptors (Lipinski definition) is 4. The predicted octanol–water partition coefficient (Wildman–Crippen LogP) is 1.39. The first-order valence-electron chi connectivity index (χ1n) is 8.63. The molecule has 2 aliphatic heterocycles. The summed E-state index contributed by atoms with van der Waals surface area (Å²) >= 11 is 0. The van der Waals surface area contributed by atoms with E-state index in [0.717, 1.165) is 25.7 Å². The van der Waals surface area contributed by atoms with Gasteiger partial charge in [-0.2, -0.15) is 0 Å². The molecular formula is C16H31N3O2. The molecule has 0 bridgehead atoms. The molecule has 0 amide bonds. The topological polar surface area (TPSA) is 55.8 Å². The lowest BCUT2D eigenvalue weighted by atomic mass is 9.99. The molecule has 0 saturated carbocycles. The summed E-state index contributed by atoms with van der Waals surface area (Å²) in [4.78, 5) is 16.3. The molecule has 21 heavy (non-hydrogen) atoms. The van der Waals surface area contributed by atoms with E-state index in [1.54, 1.807) is 0 Å². The van der Waals surface area contributed by atoms with Crippen LogP contribution in [0.25, 0.3) is 0 Å². The number of carboxylic acids is 1. The Kier molecular flexibility index (Phi) is 6.93. The summed E-state index contributed by atoms with van der Waals surface area (Å²) in [6.45, 7) is 8.39. The molecule has 2 saturated heterocycles. The fraction of sp³-hybridized carbons (Fsp3) is 0.938. The van der Waals surface area contributed by atoms with Crippen LogP contribution >= 0.6 is 0 Å². The highest BCUT2D eigenvalue weighted by molar-refractivity contribution is 5.73. The third-order valence-electron chi connectivity index (χ3n) is 4.95. The van der Waals surface area contributed by atoms with Gasteiger partial charge in [-0.1, -0.05) is 13.3 Å². The molecule has 2 fully saturated rings. The molecule has 2 aliphatic rings. The second-order valence-electron chi connectivity index (χ2n) is 6.41. The van der Waals surface area contributed by atoms with Crippen molar-refractivity contribution in [1.29, 1.82) is 0 Å². The van der Waals surface area contributed by atoms with Gasteiger partial charge in [0.05, 0.1) is 0 Å². The molecule has 0 spiro atoms. The smallest absolute Gasteiger partial charge is 0.320 e. The Morgan fingerprint density at radius 1 is 1.19 bits per heavy atom. The molecule has 2 rings (SSSR count). The van der Waals surface area contributed by atoms with Crippen LogP contribution in [0.4, 0.5) is 0 Å². The van der Waals surface area contributed by atoms with Gasteiger partial charge in [-0.05, 0) is 64.8 Å². The summed E-state index contributed by atoms with van der Waals surface area (Å²) in [5.74, 6) is -0.722. The zero-order valence-corrected chi connectivity index (χ0v) is 13.4. The second kappa shape index (κ2) is 8.71. The molecule has 1 unspecified atom stereocenters. The van der Waals surface area contributed by atoms with Crippen molar-refractivity contribution in [3.63, 3.8) is 0 Å². The molecule has 0 aromatic carbocycles. The van der Waals surface area contributed by atoms with E-state index in [4.69, 9.17) is 5.11 Å². The Morgan fingerprint density at radius 2 is 1.86 bits per heavy atom. The SMILES string of the molecule is CCNC(CCN1CCC(N2CCCCC2)CC1)C(=O)O. The van der Waals surface area contributed by atoms with Gasteiger partial charge in [0.25, 0.3) is 0 Å². The first-order chi connectivity index (χ1) is 10.2. The summed E-state index contributed by atoms with van der Waals surface area (Å²) in [5, 5.41) is 12.2. The maximum Gasteiger partial charge on any atom is 0.320 e. The van der Waals surface area contributed by atoms with E-state index >= 15 is 0 Å². The zero-order valence-electron chi connectivity index (χ0n) is 13.4. The highest BCUT2D eigenvalue weighted by Crippen LogP contribution is 2.20. The van der Waals surface area contributed by atoms with Crippen molar-refractivity contribution in [2.75, 3.05) is 39.3 Å². The number of aliphatic carboxylic acids is 1. The third-order valence-corrected chi connectivity index (χ3v) is 4.95. The van der Waals surface area contributed by atoms with E-state index in [9.17, 15) is 4.79 Å². The Morgan fingerprint density at radius 3 is 2.43 bits per heavy atom. The average molecular weight is 297 g/mol. The largest absolute Gasteiger partial charge is 0.480 e. The minimum atomic E-state index is -0.722. The molecule has 0 aliphatic carbocycles. The van der Waals surface area contributed by atoms with Crippen LogP contribution in [0.2, 0.25) is 0 Å². The number of carbonyl (C=O) groups is 1. The minimum absolute atomic E-state index is 0.394. The minimum Gasteiger partial charge on any atom is -0.480 e.